The van der Waals surface area contributed by atoms with Crippen molar-refractivity contribution >= 4 is 23.0 Å². The molecule has 0 aliphatic heterocycles. The molecule has 2 aromatic heterocycles. The number of hydrogen-bond acceptors (Lipinski definition) is 8. The van der Waals surface area contributed by atoms with Crippen molar-refractivity contribution in [2.75, 3.05) is 17.9 Å². The van der Waals surface area contributed by atoms with Crippen molar-refractivity contribution in [3.05, 3.63) is 28.5 Å². The highest BCUT2D eigenvalue weighted by atomic mass is 32.1. The van der Waals surface area contributed by atoms with Gasteiger partial charge in [-0.1, -0.05) is 0 Å². The molecular weight excluding hydrogens is 264 g/mol. The highest BCUT2D eigenvalue weighted by Crippen LogP contribution is 2.21. The fraction of sp³-hybridized carbons (Fsp3) is 0.364. The van der Waals surface area contributed by atoms with Crippen molar-refractivity contribution in [3.8, 4) is 0 Å². The minimum absolute atomic E-state index is 0.0657. The minimum atomic E-state index is 0.0657. The van der Waals surface area contributed by atoms with Gasteiger partial charge in [-0.2, -0.15) is 0 Å². The van der Waals surface area contributed by atoms with Crippen LogP contribution in [-0.4, -0.2) is 22.1 Å². The average molecular weight is 280 g/mol. The van der Waals surface area contributed by atoms with E-state index in [9.17, 15) is 0 Å². The zero-order chi connectivity index (χ0) is 13.7. The number of nitrogens with two attached hydrogens (primary N) is 1. The monoisotopic (exact) mass is 280 g/mol. The van der Waals surface area contributed by atoms with Crippen LogP contribution in [0.4, 0.5) is 11.6 Å². The topological polar surface area (TPSA) is 98.0 Å². The van der Waals surface area contributed by atoms with E-state index in [1.165, 1.54) is 0 Å². The molecule has 7 nitrogen and oxygen atoms in total. The van der Waals surface area contributed by atoms with E-state index in [-0.39, 0.29) is 6.04 Å². The van der Waals surface area contributed by atoms with E-state index in [4.69, 9.17) is 10.6 Å². The van der Waals surface area contributed by atoms with Crippen molar-refractivity contribution in [1.82, 2.24) is 15.0 Å². The Bertz CT molecular complexity index is 518. The Hall–Kier alpha value is -1.77. The second-order valence-electron chi connectivity index (χ2n) is 3.87. The van der Waals surface area contributed by atoms with Gasteiger partial charge in [0.2, 0.25) is 0 Å². The van der Waals surface area contributed by atoms with Crippen LogP contribution in [-0.2, 0) is 11.3 Å². The van der Waals surface area contributed by atoms with Crippen molar-refractivity contribution < 1.29 is 4.74 Å². The van der Waals surface area contributed by atoms with Crippen LogP contribution in [0, 0.1) is 0 Å². The molecule has 0 spiro atoms. The van der Waals surface area contributed by atoms with Crippen LogP contribution < -0.4 is 16.6 Å². The van der Waals surface area contributed by atoms with Crippen LogP contribution in [0.1, 0.15) is 23.8 Å². The molecule has 0 fully saturated rings. The Kier molecular flexibility index (Phi) is 4.61. The summed E-state index contributed by atoms with van der Waals surface area (Å²) in [7, 11) is 1.59. The van der Waals surface area contributed by atoms with E-state index in [0.29, 0.717) is 24.1 Å². The zero-order valence-corrected chi connectivity index (χ0v) is 11.6. The van der Waals surface area contributed by atoms with E-state index >= 15 is 0 Å². The summed E-state index contributed by atoms with van der Waals surface area (Å²) in [5.74, 6) is 7.17. The maximum absolute atomic E-state index is 5.39. The molecule has 2 aromatic rings. The molecule has 0 aliphatic rings. The molecule has 0 radical (unpaired) electrons. The van der Waals surface area contributed by atoms with Gasteiger partial charge in [-0.15, -0.1) is 11.3 Å². The van der Waals surface area contributed by atoms with Crippen molar-refractivity contribution in [1.29, 1.82) is 0 Å². The van der Waals surface area contributed by atoms with E-state index in [1.54, 1.807) is 30.7 Å². The number of nitrogens with zero attached hydrogens (tertiary/aromatic N) is 3. The molecule has 0 bridgehead atoms. The lowest BCUT2D eigenvalue weighted by molar-refractivity contribution is 0.178. The third-order valence-corrected chi connectivity index (χ3v) is 3.34. The molecule has 19 heavy (non-hydrogen) atoms. The first-order valence-electron chi connectivity index (χ1n) is 5.72. The second kappa shape index (κ2) is 6.41. The minimum Gasteiger partial charge on any atom is -0.377 e. The van der Waals surface area contributed by atoms with Gasteiger partial charge in [0, 0.05) is 24.8 Å². The number of aromatic nitrogens is 3. The van der Waals surface area contributed by atoms with Gasteiger partial charge in [0.05, 0.1) is 6.04 Å². The SMILES string of the molecule is COCc1nc(NN)cc(NC(C)c2nccs2)n1. The van der Waals surface area contributed by atoms with Crippen LogP contribution in [0.3, 0.4) is 0 Å². The van der Waals surface area contributed by atoms with E-state index < -0.39 is 0 Å². The van der Waals surface area contributed by atoms with Crippen LogP contribution in [0.5, 0.6) is 0 Å². The number of thiazole rings is 1. The summed E-state index contributed by atoms with van der Waals surface area (Å²) in [5, 5.41) is 6.20. The molecule has 1 unspecified atom stereocenters. The van der Waals surface area contributed by atoms with Crippen molar-refractivity contribution in [3.63, 3.8) is 0 Å². The molecule has 2 heterocycles. The molecule has 102 valence electrons. The quantitative estimate of drug-likeness (QED) is 0.545. The number of methoxy groups -OCH3 is 1. The van der Waals surface area contributed by atoms with Gasteiger partial charge in [-0.25, -0.2) is 20.8 Å². The summed E-state index contributed by atoms with van der Waals surface area (Å²) in [5.41, 5.74) is 2.51. The van der Waals surface area contributed by atoms with E-state index in [0.717, 1.165) is 5.01 Å². The molecule has 0 saturated heterocycles. The van der Waals surface area contributed by atoms with Gasteiger partial charge in [0.25, 0.3) is 0 Å². The molecule has 0 saturated carbocycles. The zero-order valence-electron chi connectivity index (χ0n) is 10.8. The highest BCUT2D eigenvalue weighted by molar-refractivity contribution is 7.09. The Morgan fingerprint density at radius 2 is 2.21 bits per heavy atom. The molecule has 2 rings (SSSR count). The van der Waals surface area contributed by atoms with Gasteiger partial charge >= 0.3 is 0 Å². The van der Waals surface area contributed by atoms with Gasteiger partial charge in [0.1, 0.15) is 23.3 Å². The number of hydrazine groups is 1. The van der Waals surface area contributed by atoms with Crippen LogP contribution in [0.15, 0.2) is 17.6 Å². The largest absolute Gasteiger partial charge is 0.377 e. The predicted octanol–water partition coefficient (Wildman–Crippen LogP) is 1.54. The molecule has 0 aliphatic carbocycles. The van der Waals surface area contributed by atoms with Crippen molar-refractivity contribution in [2.24, 2.45) is 5.84 Å². The van der Waals surface area contributed by atoms with Crippen LogP contribution in [0.25, 0.3) is 0 Å². The van der Waals surface area contributed by atoms with Gasteiger partial charge < -0.3 is 15.5 Å². The molecule has 0 aromatic carbocycles. The van der Waals surface area contributed by atoms with Gasteiger partial charge in [-0.3, -0.25) is 0 Å². The van der Waals surface area contributed by atoms with Crippen LogP contribution >= 0.6 is 11.3 Å². The van der Waals surface area contributed by atoms with Gasteiger partial charge in [-0.05, 0) is 6.92 Å². The smallest absolute Gasteiger partial charge is 0.158 e. The number of nitrogen functional groups attached to an aromatic ring is 1. The lowest BCUT2D eigenvalue weighted by atomic mass is 10.3. The number of hydrogen-bond donors (Lipinski definition) is 3. The first kappa shape index (κ1) is 13.7. The number of ether oxygens (including phenoxy) is 1. The third kappa shape index (κ3) is 3.60. The number of rotatable bonds is 6. The predicted molar refractivity (Wildman–Crippen MR) is 74.7 cm³/mol. The number of anilines is 2. The lowest BCUT2D eigenvalue weighted by Gasteiger charge is -2.13. The molecule has 1 atom stereocenters. The molecule has 8 heteroatoms. The Labute approximate surface area is 115 Å². The summed E-state index contributed by atoms with van der Waals surface area (Å²) in [6.07, 6.45) is 1.78. The summed E-state index contributed by atoms with van der Waals surface area (Å²) < 4.78 is 5.03. The first-order chi connectivity index (χ1) is 9.22. The summed E-state index contributed by atoms with van der Waals surface area (Å²) in [6.45, 7) is 2.35. The van der Waals surface area contributed by atoms with Crippen LogP contribution in [0.2, 0.25) is 0 Å². The highest BCUT2D eigenvalue weighted by Gasteiger charge is 2.10. The fourth-order valence-electron chi connectivity index (χ4n) is 1.57. The molecule has 4 N–H and O–H groups in total. The maximum atomic E-state index is 5.39. The molecular formula is C11H16N6OS. The molecule has 0 amide bonds. The van der Waals surface area contributed by atoms with Gasteiger partial charge in [0.15, 0.2) is 5.82 Å². The Balaban J connectivity index is 2.16. The fourth-order valence-corrected chi connectivity index (χ4v) is 2.22. The summed E-state index contributed by atoms with van der Waals surface area (Å²) >= 11 is 1.59. The standard InChI is InChI=1S/C11H16N6OS/c1-7(11-13-3-4-19-11)14-8-5-9(17-12)16-10(15-8)6-18-2/h3-5,7H,6,12H2,1-2H3,(H2,14,15,16,17). The lowest BCUT2D eigenvalue weighted by Crippen LogP contribution is -2.14. The third-order valence-electron chi connectivity index (χ3n) is 2.38. The van der Waals surface area contributed by atoms with E-state index in [1.807, 2.05) is 12.3 Å². The van der Waals surface area contributed by atoms with E-state index in [2.05, 4.69) is 25.7 Å². The first-order valence-corrected chi connectivity index (χ1v) is 6.60. The summed E-state index contributed by atoms with van der Waals surface area (Å²) in [6, 6.07) is 1.81. The summed E-state index contributed by atoms with van der Waals surface area (Å²) in [4.78, 5) is 12.8. The Morgan fingerprint density at radius 3 is 2.84 bits per heavy atom. The average Bonchev–Trinajstić information content (AvgIpc) is 2.92. The second-order valence-corrected chi connectivity index (χ2v) is 4.79. The normalized spacial score (nSPS) is 12.2. The Morgan fingerprint density at radius 1 is 1.42 bits per heavy atom. The maximum Gasteiger partial charge on any atom is 0.158 e. The van der Waals surface area contributed by atoms with Crippen molar-refractivity contribution in [2.45, 2.75) is 19.6 Å². The number of nitrogens with one attached hydrogen (secondary N) is 2.